The van der Waals surface area contributed by atoms with Crippen LogP contribution < -0.4 is 10.5 Å². The van der Waals surface area contributed by atoms with Crippen molar-refractivity contribution in [2.75, 3.05) is 7.11 Å². The normalized spacial score (nSPS) is 13.3. The first-order valence-corrected chi connectivity index (χ1v) is 5.90. The van der Waals surface area contributed by atoms with Crippen LogP contribution in [0, 0.1) is 0 Å². The van der Waals surface area contributed by atoms with Crippen LogP contribution in [-0.2, 0) is 6.18 Å². The molecule has 2 N–H and O–H groups in total. The fourth-order valence-electron chi connectivity index (χ4n) is 1.98. The van der Waals surface area contributed by atoms with Gasteiger partial charge in [0.2, 0.25) is 0 Å². The number of rotatable bonds is 3. The lowest BCUT2D eigenvalue weighted by Gasteiger charge is -2.16. The van der Waals surface area contributed by atoms with Crippen LogP contribution in [-0.4, -0.2) is 16.9 Å². The van der Waals surface area contributed by atoms with Crippen molar-refractivity contribution in [3.8, 4) is 11.4 Å². The third-order valence-corrected chi connectivity index (χ3v) is 2.84. The van der Waals surface area contributed by atoms with Gasteiger partial charge in [0, 0.05) is 17.8 Å². The highest BCUT2D eigenvalue weighted by atomic mass is 19.4. The number of nitrogens with zero attached hydrogens (tertiary/aromatic N) is 2. The highest BCUT2D eigenvalue weighted by Crippen LogP contribution is 2.32. The summed E-state index contributed by atoms with van der Waals surface area (Å²) in [4.78, 5) is 0. The van der Waals surface area contributed by atoms with Gasteiger partial charge < -0.3 is 10.5 Å². The van der Waals surface area contributed by atoms with Gasteiger partial charge in [-0.2, -0.15) is 18.3 Å². The molecule has 0 bridgehead atoms. The van der Waals surface area contributed by atoms with Crippen LogP contribution >= 0.6 is 0 Å². The Bertz CT molecular complexity index is 605. The predicted octanol–water partition coefficient (Wildman–Crippen LogP) is 2.92. The molecule has 0 saturated carbocycles. The Morgan fingerprint density at radius 3 is 2.50 bits per heavy atom. The lowest BCUT2D eigenvalue weighted by atomic mass is 10.1. The third kappa shape index (κ3) is 2.62. The Morgan fingerprint density at radius 2 is 2.00 bits per heavy atom. The van der Waals surface area contributed by atoms with Crippen molar-refractivity contribution >= 4 is 0 Å². The summed E-state index contributed by atoms with van der Waals surface area (Å²) >= 11 is 0. The van der Waals surface area contributed by atoms with Crippen molar-refractivity contribution < 1.29 is 17.9 Å². The lowest BCUT2D eigenvalue weighted by molar-refractivity contribution is -0.141. The topological polar surface area (TPSA) is 53.1 Å². The van der Waals surface area contributed by atoms with Gasteiger partial charge >= 0.3 is 6.18 Å². The molecule has 4 nitrogen and oxygen atoms in total. The summed E-state index contributed by atoms with van der Waals surface area (Å²) in [6.07, 6.45) is -3.22. The molecule has 1 aromatic heterocycles. The van der Waals surface area contributed by atoms with E-state index < -0.39 is 17.9 Å². The zero-order valence-corrected chi connectivity index (χ0v) is 11.0. The molecule has 0 aliphatic heterocycles. The highest BCUT2D eigenvalue weighted by molar-refractivity contribution is 5.51. The highest BCUT2D eigenvalue weighted by Gasteiger charge is 2.33. The minimum Gasteiger partial charge on any atom is -0.496 e. The van der Waals surface area contributed by atoms with E-state index in [1.807, 2.05) is 0 Å². The molecule has 0 aliphatic rings. The van der Waals surface area contributed by atoms with Crippen LogP contribution in [0.25, 0.3) is 5.69 Å². The van der Waals surface area contributed by atoms with Gasteiger partial charge in [0.1, 0.15) is 5.75 Å². The van der Waals surface area contributed by atoms with Gasteiger partial charge in [-0.05, 0) is 25.1 Å². The Morgan fingerprint density at radius 1 is 1.30 bits per heavy atom. The summed E-state index contributed by atoms with van der Waals surface area (Å²) in [5, 5.41) is 3.55. The Kier molecular flexibility index (Phi) is 3.71. The maximum absolute atomic E-state index is 12.6. The van der Waals surface area contributed by atoms with Crippen LogP contribution in [0.3, 0.4) is 0 Å². The summed E-state index contributed by atoms with van der Waals surface area (Å²) < 4.78 is 44.1. The summed E-state index contributed by atoms with van der Waals surface area (Å²) in [6, 6.07) is 5.55. The molecule has 7 heteroatoms. The number of halogens is 3. The lowest BCUT2D eigenvalue weighted by Crippen LogP contribution is -2.13. The van der Waals surface area contributed by atoms with E-state index in [2.05, 4.69) is 5.10 Å². The fourth-order valence-corrected chi connectivity index (χ4v) is 1.98. The van der Waals surface area contributed by atoms with Crippen LogP contribution in [0.1, 0.15) is 24.2 Å². The third-order valence-electron chi connectivity index (χ3n) is 2.84. The minimum atomic E-state index is -4.47. The smallest absolute Gasteiger partial charge is 0.435 e. The van der Waals surface area contributed by atoms with Crippen LogP contribution in [0.5, 0.6) is 5.75 Å². The van der Waals surface area contributed by atoms with Crippen LogP contribution in [0.15, 0.2) is 30.5 Å². The van der Waals surface area contributed by atoms with Crippen LogP contribution in [0.4, 0.5) is 13.2 Å². The molecule has 1 heterocycles. The summed E-state index contributed by atoms with van der Waals surface area (Å²) in [7, 11) is 1.48. The van der Waals surface area contributed by atoms with Gasteiger partial charge in [0.15, 0.2) is 5.69 Å². The van der Waals surface area contributed by atoms with Crippen molar-refractivity contribution in [2.45, 2.75) is 19.1 Å². The molecule has 20 heavy (non-hydrogen) atoms. The van der Waals surface area contributed by atoms with Crippen molar-refractivity contribution in [3.05, 3.63) is 41.7 Å². The van der Waals surface area contributed by atoms with E-state index in [0.717, 1.165) is 10.7 Å². The SMILES string of the molecule is COc1cccc(-n2ccc(C(F)(F)F)n2)c1[C@H](C)N. The Labute approximate surface area is 114 Å². The van der Waals surface area contributed by atoms with Gasteiger partial charge in [-0.25, -0.2) is 4.68 Å². The van der Waals surface area contributed by atoms with Crippen molar-refractivity contribution in [1.29, 1.82) is 0 Å². The molecule has 0 spiro atoms. The number of benzene rings is 1. The first kappa shape index (κ1) is 14.4. The zero-order valence-electron chi connectivity index (χ0n) is 11.0. The molecule has 0 radical (unpaired) electrons. The molecular formula is C13H14F3N3O. The monoisotopic (exact) mass is 285 g/mol. The Hall–Kier alpha value is -2.02. The minimum absolute atomic E-state index is 0.403. The molecule has 0 saturated heterocycles. The number of hydrogen-bond acceptors (Lipinski definition) is 3. The van der Waals surface area contributed by atoms with E-state index in [4.69, 9.17) is 10.5 Å². The largest absolute Gasteiger partial charge is 0.496 e. The summed E-state index contributed by atoms with van der Waals surface area (Å²) in [6.45, 7) is 1.73. The second-order valence-corrected chi connectivity index (χ2v) is 4.33. The van der Waals surface area contributed by atoms with Gasteiger partial charge in [-0.1, -0.05) is 6.07 Å². The number of ether oxygens (including phenoxy) is 1. The van der Waals surface area contributed by atoms with Crippen LogP contribution in [0.2, 0.25) is 0 Å². The van der Waals surface area contributed by atoms with Gasteiger partial charge in [0.25, 0.3) is 0 Å². The average Bonchev–Trinajstić information content (AvgIpc) is 2.86. The molecule has 0 aliphatic carbocycles. The van der Waals surface area contributed by atoms with Gasteiger partial charge in [-0.3, -0.25) is 0 Å². The molecule has 2 aromatic rings. The van der Waals surface area contributed by atoms with Crippen molar-refractivity contribution in [3.63, 3.8) is 0 Å². The van der Waals surface area contributed by atoms with E-state index in [-0.39, 0.29) is 0 Å². The number of nitrogens with two attached hydrogens (primary N) is 1. The van der Waals surface area contributed by atoms with E-state index >= 15 is 0 Å². The van der Waals surface area contributed by atoms with E-state index in [0.29, 0.717) is 17.0 Å². The summed E-state index contributed by atoms with van der Waals surface area (Å²) in [5.74, 6) is 0.515. The number of hydrogen-bond donors (Lipinski definition) is 1. The van der Waals surface area contributed by atoms with E-state index in [1.165, 1.54) is 13.3 Å². The fraction of sp³-hybridized carbons (Fsp3) is 0.308. The quantitative estimate of drug-likeness (QED) is 0.943. The second-order valence-electron chi connectivity index (χ2n) is 4.33. The number of methoxy groups -OCH3 is 1. The molecule has 1 atom stereocenters. The first-order chi connectivity index (χ1) is 9.34. The molecule has 108 valence electrons. The number of alkyl halides is 3. The number of aromatic nitrogens is 2. The molecule has 0 unspecified atom stereocenters. The van der Waals surface area contributed by atoms with Gasteiger partial charge in [-0.15, -0.1) is 0 Å². The zero-order chi connectivity index (χ0) is 14.9. The van der Waals surface area contributed by atoms with Gasteiger partial charge in [0.05, 0.1) is 12.8 Å². The van der Waals surface area contributed by atoms with Crippen molar-refractivity contribution in [1.82, 2.24) is 9.78 Å². The second kappa shape index (κ2) is 5.16. The average molecular weight is 285 g/mol. The molecule has 1 aromatic carbocycles. The molecule has 0 fully saturated rings. The van der Waals surface area contributed by atoms with Crippen molar-refractivity contribution in [2.24, 2.45) is 5.73 Å². The molecule has 0 amide bonds. The molecule has 2 rings (SSSR count). The first-order valence-electron chi connectivity index (χ1n) is 5.90. The van der Waals surface area contributed by atoms with E-state index in [1.54, 1.807) is 25.1 Å². The Balaban J connectivity index is 2.55. The maximum atomic E-state index is 12.6. The maximum Gasteiger partial charge on any atom is 0.435 e. The molecular weight excluding hydrogens is 271 g/mol. The summed E-state index contributed by atoms with van der Waals surface area (Å²) in [5.41, 5.74) is 6.00. The van der Waals surface area contributed by atoms with E-state index in [9.17, 15) is 13.2 Å². The standard InChI is InChI=1S/C13H14F3N3O/c1-8(17)12-9(4-3-5-10(12)20-2)19-7-6-11(18-19)13(14,15)16/h3-8H,17H2,1-2H3/t8-/m0/s1. The predicted molar refractivity (Wildman–Crippen MR) is 67.7 cm³/mol.